The van der Waals surface area contributed by atoms with Crippen LogP contribution in [0.4, 0.5) is 5.69 Å². The van der Waals surface area contributed by atoms with Crippen molar-refractivity contribution >= 4 is 17.5 Å². The lowest BCUT2D eigenvalue weighted by molar-refractivity contribution is -0.118. The number of anilines is 1. The average molecular weight is 290 g/mol. The number of hydrogen-bond acceptors (Lipinski definition) is 5. The maximum absolute atomic E-state index is 12.2. The number of benzene rings is 1. The first kappa shape index (κ1) is 13.8. The molecule has 112 valence electrons. The van der Waals surface area contributed by atoms with Gasteiger partial charge in [0, 0.05) is 31.7 Å². The minimum absolute atomic E-state index is 0.0137. The van der Waals surface area contributed by atoms with E-state index in [2.05, 4.69) is 22.7 Å². The Hall–Kier alpha value is -2.12. The zero-order valence-corrected chi connectivity index (χ0v) is 11.9. The van der Waals surface area contributed by atoms with Gasteiger partial charge in [0.2, 0.25) is 0 Å². The maximum atomic E-state index is 12.2. The summed E-state index contributed by atoms with van der Waals surface area (Å²) in [4.78, 5) is 25.8. The number of piperazine rings is 1. The molecule has 0 radical (unpaired) electrons. The lowest BCUT2D eigenvalue weighted by Crippen LogP contribution is -2.52. The summed E-state index contributed by atoms with van der Waals surface area (Å²) >= 11 is 0. The number of amides is 2. The summed E-state index contributed by atoms with van der Waals surface area (Å²) in [5, 5.41) is 4.61. The Kier molecular flexibility index (Phi) is 3.76. The van der Waals surface area contributed by atoms with Crippen molar-refractivity contribution in [1.82, 2.24) is 15.3 Å². The fourth-order valence-electron chi connectivity index (χ4n) is 2.35. The molecule has 2 aliphatic heterocycles. The highest BCUT2D eigenvalue weighted by molar-refractivity contribution is 5.99. The smallest absolute Gasteiger partial charge is 0.265 e. The number of likely N-dealkylation sites (N-methyl/N-ethyl adjacent to an activating group) is 1. The molecule has 7 nitrogen and oxygen atoms in total. The number of hydrazine groups is 1. The van der Waals surface area contributed by atoms with Crippen molar-refractivity contribution in [2.75, 3.05) is 45.2 Å². The SMILES string of the molecule is CN1CCN(NC(=O)c2ccc3c(c2)NC(=O)CO3)CC1. The van der Waals surface area contributed by atoms with Gasteiger partial charge in [0.05, 0.1) is 5.69 Å². The monoisotopic (exact) mass is 290 g/mol. The van der Waals surface area contributed by atoms with E-state index >= 15 is 0 Å². The second kappa shape index (κ2) is 5.71. The van der Waals surface area contributed by atoms with E-state index in [1.54, 1.807) is 18.2 Å². The summed E-state index contributed by atoms with van der Waals surface area (Å²) in [6.45, 7) is 3.46. The molecule has 0 aliphatic carbocycles. The molecule has 2 heterocycles. The van der Waals surface area contributed by atoms with Crippen molar-refractivity contribution in [2.24, 2.45) is 0 Å². The molecule has 1 saturated heterocycles. The van der Waals surface area contributed by atoms with Gasteiger partial charge in [-0.05, 0) is 25.2 Å². The minimum Gasteiger partial charge on any atom is -0.482 e. The van der Waals surface area contributed by atoms with Crippen LogP contribution in [0.25, 0.3) is 0 Å². The third kappa shape index (κ3) is 3.14. The molecule has 0 atom stereocenters. The first-order valence-electron chi connectivity index (χ1n) is 6.93. The zero-order valence-electron chi connectivity index (χ0n) is 11.9. The highest BCUT2D eigenvalue weighted by Crippen LogP contribution is 2.28. The summed E-state index contributed by atoms with van der Waals surface area (Å²) < 4.78 is 5.27. The standard InChI is InChI=1S/C14H18N4O3/c1-17-4-6-18(7-5-17)16-14(20)10-2-3-12-11(8-10)15-13(19)9-21-12/h2-3,8H,4-7,9H2,1H3,(H,15,19)(H,16,20). The van der Waals surface area contributed by atoms with E-state index in [9.17, 15) is 9.59 Å². The average Bonchev–Trinajstić information content (AvgIpc) is 2.48. The van der Waals surface area contributed by atoms with Crippen LogP contribution in [0.15, 0.2) is 18.2 Å². The van der Waals surface area contributed by atoms with E-state index in [1.807, 2.05) is 5.01 Å². The highest BCUT2D eigenvalue weighted by Gasteiger charge is 2.20. The fourth-order valence-corrected chi connectivity index (χ4v) is 2.35. The molecule has 7 heteroatoms. The van der Waals surface area contributed by atoms with Gasteiger partial charge < -0.3 is 15.0 Å². The number of hydrogen-bond donors (Lipinski definition) is 2. The molecule has 2 amide bonds. The van der Waals surface area contributed by atoms with E-state index in [-0.39, 0.29) is 18.4 Å². The third-order valence-corrected chi connectivity index (χ3v) is 3.64. The van der Waals surface area contributed by atoms with Crippen molar-refractivity contribution in [2.45, 2.75) is 0 Å². The van der Waals surface area contributed by atoms with Crippen LogP contribution in [0.5, 0.6) is 5.75 Å². The van der Waals surface area contributed by atoms with Gasteiger partial charge in [-0.2, -0.15) is 0 Å². The highest BCUT2D eigenvalue weighted by atomic mass is 16.5. The second-order valence-electron chi connectivity index (χ2n) is 5.28. The van der Waals surface area contributed by atoms with E-state index in [4.69, 9.17) is 4.74 Å². The number of ether oxygens (including phenoxy) is 1. The molecule has 3 rings (SSSR count). The van der Waals surface area contributed by atoms with Crippen molar-refractivity contribution in [1.29, 1.82) is 0 Å². The molecule has 1 aromatic carbocycles. The molecule has 0 aromatic heterocycles. The molecule has 0 unspecified atom stereocenters. The molecular weight excluding hydrogens is 272 g/mol. The van der Waals surface area contributed by atoms with Crippen LogP contribution in [0.3, 0.4) is 0 Å². The largest absolute Gasteiger partial charge is 0.482 e. The quantitative estimate of drug-likeness (QED) is 0.796. The second-order valence-corrected chi connectivity index (χ2v) is 5.28. The Balaban J connectivity index is 1.67. The lowest BCUT2D eigenvalue weighted by atomic mass is 10.1. The lowest BCUT2D eigenvalue weighted by Gasteiger charge is -2.32. The summed E-state index contributed by atoms with van der Waals surface area (Å²) in [6.07, 6.45) is 0. The topological polar surface area (TPSA) is 73.9 Å². The summed E-state index contributed by atoms with van der Waals surface area (Å²) in [5.41, 5.74) is 3.93. The van der Waals surface area contributed by atoms with Crippen molar-refractivity contribution in [3.05, 3.63) is 23.8 Å². The Bertz CT molecular complexity index is 567. The predicted molar refractivity (Wildman–Crippen MR) is 77.1 cm³/mol. The van der Waals surface area contributed by atoms with Crippen LogP contribution >= 0.6 is 0 Å². The van der Waals surface area contributed by atoms with Crippen molar-refractivity contribution < 1.29 is 14.3 Å². The molecule has 0 saturated carbocycles. The molecule has 0 spiro atoms. The van der Waals surface area contributed by atoms with Crippen LogP contribution in [-0.4, -0.2) is 61.6 Å². The van der Waals surface area contributed by atoms with Crippen LogP contribution < -0.4 is 15.5 Å². The Morgan fingerprint density at radius 2 is 2.05 bits per heavy atom. The number of carbonyl (C=O) groups is 2. The molecular formula is C14H18N4O3. The van der Waals surface area contributed by atoms with Gasteiger partial charge in [0.15, 0.2) is 6.61 Å². The van der Waals surface area contributed by atoms with Crippen molar-refractivity contribution in [3.63, 3.8) is 0 Å². The van der Waals surface area contributed by atoms with Crippen molar-refractivity contribution in [3.8, 4) is 5.75 Å². The summed E-state index contributed by atoms with van der Waals surface area (Å²) in [7, 11) is 2.06. The van der Waals surface area contributed by atoms with Gasteiger partial charge in [-0.3, -0.25) is 15.0 Å². The third-order valence-electron chi connectivity index (χ3n) is 3.64. The molecule has 2 N–H and O–H groups in total. The Labute approximate surface area is 122 Å². The minimum atomic E-state index is -0.209. The zero-order chi connectivity index (χ0) is 14.8. The van der Waals surface area contributed by atoms with Crippen LogP contribution in [-0.2, 0) is 4.79 Å². The van der Waals surface area contributed by atoms with Crippen LogP contribution in [0.2, 0.25) is 0 Å². The summed E-state index contributed by atoms with van der Waals surface area (Å²) in [6, 6.07) is 5.03. The van der Waals surface area contributed by atoms with Gasteiger partial charge in [0.25, 0.3) is 11.8 Å². The van der Waals surface area contributed by atoms with E-state index in [0.717, 1.165) is 26.2 Å². The molecule has 1 aromatic rings. The maximum Gasteiger partial charge on any atom is 0.265 e. The van der Waals surface area contributed by atoms with E-state index < -0.39 is 0 Å². The molecule has 21 heavy (non-hydrogen) atoms. The number of nitrogens with zero attached hydrogens (tertiary/aromatic N) is 2. The number of fused-ring (bicyclic) bond motifs is 1. The predicted octanol–water partition coefficient (Wildman–Crippen LogP) is -0.0903. The van der Waals surface area contributed by atoms with Gasteiger partial charge in [0.1, 0.15) is 5.75 Å². The number of nitrogens with one attached hydrogen (secondary N) is 2. The van der Waals surface area contributed by atoms with E-state index in [0.29, 0.717) is 17.0 Å². The molecule has 2 aliphatic rings. The summed E-state index contributed by atoms with van der Waals surface area (Å²) in [5.74, 6) is 0.201. The van der Waals surface area contributed by atoms with Gasteiger partial charge in [-0.25, -0.2) is 5.01 Å². The van der Waals surface area contributed by atoms with Gasteiger partial charge >= 0.3 is 0 Å². The molecule has 0 bridgehead atoms. The number of carbonyl (C=O) groups excluding carboxylic acids is 2. The van der Waals surface area contributed by atoms with Gasteiger partial charge in [-0.15, -0.1) is 0 Å². The number of rotatable bonds is 2. The first-order valence-corrected chi connectivity index (χ1v) is 6.93. The Morgan fingerprint density at radius 1 is 1.29 bits per heavy atom. The van der Waals surface area contributed by atoms with Crippen LogP contribution in [0.1, 0.15) is 10.4 Å². The van der Waals surface area contributed by atoms with E-state index in [1.165, 1.54) is 0 Å². The fraction of sp³-hybridized carbons (Fsp3) is 0.429. The Morgan fingerprint density at radius 3 is 2.81 bits per heavy atom. The normalized spacial score (nSPS) is 19.4. The van der Waals surface area contributed by atoms with Crippen LogP contribution in [0, 0.1) is 0 Å². The first-order chi connectivity index (χ1) is 10.1. The molecule has 1 fully saturated rings. The van der Waals surface area contributed by atoms with Gasteiger partial charge in [-0.1, -0.05) is 0 Å².